The second-order valence-corrected chi connectivity index (χ2v) is 23.6. The van der Waals surface area contributed by atoms with Crippen molar-refractivity contribution in [2.75, 3.05) is 26.4 Å². The Hall–Kier alpha value is -3.50. The summed E-state index contributed by atoms with van der Waals surface area (Å²) in [5.41, 5.74) is 0. The highest BCUT2D eigenvalue weighted by Crippen LogP contribution is 2.38. The van der Waals surface area contributed by atoms with Gasteiger partial charge in [-0.05, 0) is 50.1 Å². The predicted molar refractivity (Wildman–Crippen MR) is 203 cm³/mol. The van der Waals surface area contributed by atoms with Gasteiger partial charge in [0, 0.05) is 19.8 Å². The van der Waals surface area contributed by atoms with E-state index in [2.05, 4.69) is 163 Å². The van der Waals surface area contributed by atoms with E-state index in [0.29, 0.717) is 26.4 Å². The minimum atomic E-state index is -2.64. The molecule has 0 aliphatic carbocycles. The zero-order valence-corrected chi connectivity index (χ0v) is 31.7. The normalized spacial score (nSPS) is 15.8. The maximum absolute atomic E-state index is 12.9. The summed E-state index contributed by atoms with van der Waals surface area (Å²) in [5, 5.41) is 4.94. The zero-order valence-electron chi connectivity index (χ0n) is 29.7. The van der Waals surface area contributed by atoms with Crippen molar-refractivity contribution in [3.8, 4) is 0 Å². The fraction of sp³-hybridized carbons (Fsp3) is 0.390. The van der Waals surface area contributed by atoms with Crippen LogP contribution >= 0.6 is 0 Å². The van der Waals surface area contributed by atoms with Crippen molar-refractivity contribution in [1.82, 2.24) is 4.90 Å². The van der Waals surface area contributed by atoms with Crippen molar-refractivity contribution in [3.05, 3.63) is 121 Å². The van der Waals surface area contributed by atoms with Crippen LogP contribution in [0.5, 0.6) is 0 Å². The summed E-state index contributed by atoms with van der Waals surface area (Å²) in [4.78, 5) is 14.8. The number of nitrogens with zero attached hydrogens (tertiary/aromatic N) is 1. The zero-order chi connectivity index (χ0) is 34.3. The Kier molecular flexibility index (Phi) is 11.5. The molecule has 1 fully saturated rings. The highest BCUT2D eigenvalue weighted by molar-refractivity contribution is 7.00. The van der Waals surface area contributed by atoms with Gasteiger partial charge in [-0.1, -0.05) is 163 Å². The summed E-state index contributed by atoms with van der Waals surface area (Å²) in [6.07, 6.45) is 2.21. The van der Waals surface area contributed by atoms with E-state index in [-0.39, 0.29) is 22.2 Å². The second kappa shape index (κ2) is 15.4. The van der Waals surface area contributed by atoms with Crippen LogP contribution in [0.25, 0.3) is 0 Å². The number of ether oxygens (including phenoxy) is 1. The van der Waals surface area contributed by atoms with E-state index in [1.54, 1.807) is 0 Å². The summed E-state index contributed by atoms with van der Waals surface area (Å²) in [7, 11) is -5.23. The molecule has 1 aliphatic rings. The molecule has 1 aliphatic heterocycles. The summed E-state index contributed by atoms with van der Waals surface area (Å²) >= 11 is 0. The Morgan fingerprint density at radius 2 is 0.979 bits per heavy atom. The molecule has 254 valence electrons. The lowest BCUT2D eigenvalue weighted by atomic mass is 10.2. The molecule has 1 amide bonds. The van der Waals surface area contributed by atoms with Crippen molar-refractivity contribution < 1.29 is 18.4 Å². The molecule has 5 nitrogen and oxygen atoms in total. The SMILES string of the molecule is CC(C)(C)[Si](OCCCCN1C(=O)OCC1CCO[Si](c1ccccc1)(c1ccccc1)C(C)(C)C)(c1ccccc1)c1ccccc1. The molecule has 0 aromatic heterocycles. The van der Waals surface area contributed by atoms with E-state index in [1.165, 1.54) is 20.7 Å². The van der Waals surface area contributed by atoms with Gasteiger partial charge in [0.05, 0.1) is 6.04 Å². The molecule has 7 heteroatoms. The highest BCUT2D eigenvalue weighted by atomic mass is 28.4. The van der Waals surface area contributed by atoms with Crippen LogP contribution in [0.2, 0.25) is 10.1 Å². The molecule has 0 spiro atoms. The van der Waals surface area contributed by atoms with Crippen LogP contribution in [-0.2, 0) is 13.6 Å². The van der Waals surface area contributed by atoms with Gasteiger partial charge in [-0.3, -0.25) is 0 Å². The van der Waals surface area contributed by atoms with Gasteiger partial charge in [-0.15, -0.1) is 0 Å². The first-order valence-corrected chi connectivity index (χ1v) is 21.3. The van der Waals surface area contributed by atoms with E-state index in [4.69, 9.17) is 13.6 Å². The molecule has 0 saturated carbocycles. The Labute approximate surface area is 290 Å². The molecule has 1 unspecified atom stereocenters. The second-order valence-electron chi connectivity index (χ2n) is 14.9. The van der Waals surface area contributed by atoms with Crippen LogP contribution in [0, 0.1) is 0 Å². The maximum atomic E-state index is 12.9. The average molecular weight is 680 g/mol. The number of carbonyl (C=O) groups excluding carboxylic acids is 1. The minimum absolute atomic E-state index is 0.00619. The molecule has 0 radical (unpaired) electrons. The van der Waals surface area contributed by atoms with Crippen LogP contribution in [-0.4, -0.2) is 60.0 Å². The molecule has 5 rings (SSSR count). The Bertz CT molecular complexity index is 1490. The van der Waals surface area contributed by atoms with Crippen LogP contribution in [0.4, 0.5) is 4.79 Å². The van der Waals surface area contributed by atoms with Crippen LogP contribution in [0.1, 0.15) is 60.8 Å². The molecule has 48 heavy (non-hydrogen) atoms. The number of cyclic esters (lactones) is 1. The maximum Gasteiger partial charge on any atom is 0.410 e. The fourth-order valence-electron chi connectivity index (χ4n) is 7.48. The number of hydrogen-bond acceptors (Lipinski definition) is 4. The molecule has 4 aromatic rings. The highest BCUT2D eigenvalue weighted by Gasteiger charge is 2.51. The molecule has 0 bridgehead atoms. The van der Waals surface area contributed by atoms with Crippen LogP contribution in [0.15, 0.2) is 121 Å². The molecular formula is C41H53NO4Si2. The lowest BCUT2D eigenvalue weighted by Gasteiger charge is -2.43. The Morgan fingerprint density at radius 1 is 0.604 bits per heavy atom. The lowest BCUT2D eigenvalue weighted by molar-refractivity contribution is 0.155. The first kappa shape index (κ1) is 35.8. The smallest absolute Gasteiger partial charge is 0.410 e. The molecular weight excluding hydrogens is 627 g/mol. The quantitative estimate of drug-likeness (QED) is 0.105. The summed E-state index contributed by atoms with van der Waals surface area (Å²) in [5.74, 6) is 0. The molecule has 4 aromatic carbocycles. The predicted octanol–water partition coefficient (Wildman–Crippen LogP) is 7.13. The number of amides is 1. The third-order valence-electron chi connectivity index (χ3n) is 9.79. The van der Waals surface area contributed by atoms with E-state index in [0.717, 1.165) is 19.3 Å². The average Bonchev–Trinajstić information content (AvgIpc) is 3.43. The molecule has 1 saturated heterocycles. The third-order valence-corrected chi connectivity index (χ3v) is 19.9. The third kappa shape index (κ3) is 7.39. The van der Waals surface area contributed by atoms with Crippen LogP contribution < -0.4 is 20.7 Å². The lowest BCUT2D eigenvalue weighted by Crippen LogP contribution is -2.66. The van der Waals surface area contributed by atoms with Crippen molar-refractivity contribution in [2.45, 2.75) is 76.9 Å². The minimum Gasteiger partial charge on any atom is -0.447 e. The largest absolute Gasteiger partial charge is 0.447 e. The molecule has 1 atom stereocenters. The number of benzene rings is 4. The summed E-state index contributed by atoms with van der Waals surface area (Å²) in [6, 6.07) is 42.9. The molecule has 1 heterocycles. The summed E-state index contributed by atoms with van der Waals surface area (Å²) < 4.78 is 19.8. The van der Waals surface area contributed by atoms with E-state index >= 15 is 0 Å². The van der Waals surface area contributed by atoms with Gasteiger partial charge in [-0.2, -0.15) is 0 Å². The van der Waals surface area contributed by atoms with Gasteiger partial charge in [-0.25, -0.2) is 4.79 Å². The van der Waals surface area contributed by atoms with E-state index in [9.17, 15) is 4.79 Å². The van der Waals surface area contributed by atoms with Crippen molar-refractivity contribution in [3.63, 3.8) is 0 Å². The van der Waals surface area contributed by atoms with Gasteiger partial charge in [0.2, 0.25) is 0 Å². The topological polar surface area (TPSA) is 48.0 Å². The van der Waals surface area contributed by atoms with Gasteiger partial charge in [0.25, 0.3) is 16.6 Å². The standard InChI is InChI=1S/C41H53NO4Si2/c1-40(2,3)47(35-21-11-7-12-22-35,36-23-13-8-14-24-36)45-31-20-19-30-42-34(33-44-39(42)43)29-32-46-48(41(4,5)6,37-25-15-9-16-26-37)38-27-17-10-18-28-38/h7-18,21-28,34H,19-20,29-33H2,1-6H3. The van der Waals surface area contributed by atoms with Gasteiger partial charge in [0.1, 0.15) is 6.61 Å². The molecule has 0 N–H and O–H groups in total. The van der Waals surface area contributed by atoms with Gasteiger partial charge in [0.15, 0.2) is 0 Å². The number of carbonyl (C=O) groups is 1. The first-order valence-electron chi connectivity index (χ1n) is 17.4. The number of hydrogen-bond donors (Lipinski definition) is 0. The fourth-order valence-corrected chi connectivity index (χ4v) is 16.7. The van der Waals surface area contributed by atoms with Crippen molar-refractivity contribution >= 4 is 43.5 Å². The Balaban J connectivity index is 1.25. The van der Waals surface area contributed by atoms with Gasteiger partial charge < -0.3 is 18.5 Å². The van der Waals surface area contributed by atoms with Crippen molar-refractivity contribution in [1.29, 1.82) is 0 Å². The number of rotatable bonds is 14. The monoisotopic (exact) mass is 679 g/mol. The number of unbranched alkanes of at least 4 members (excludes halogenated alkanes) is 1. The Morgan fingerprint density at radius 3 is 1.35 bits per heavy atom. The van der Waals surface area contributed by atoms with E-state index < -0.39 is 16.6 Å². The van der Waals surface area contributed by atoms with Gasteiger partial charge >= 0.3 is 6.09 Å². The summed E-state index contributed by atoms with van der Waals surface area (Å²) in [6.45, 7) is 16.0. The van der Waals surface area contributed by atoms with Crippen LogP contribution in [0.3, 0.4) is 0 Å². The van der Waals surface area contributed by atoms with E-state index in [1.807, 2.05) is 4.90 Å². The van der Waals surface area contributed by atoms with Crippen molar-refractivity contribution in [2.24, 2.45) is 0 Å². The first-order chi connectivity index (χ1) is 23.0.